The first-order chi connectivity index (χ1) is 7.93. The normalized spacial score (nSPS) is 25.2. The first kappa shape index (κ1) is 10.2. The van der Waals surface area contributed by atoms with Crippen LogP contribution < -0.4 is 0 Å². The largest absolute Gasteiger partial charge is 0.347 e. The van der Waals surface area contributed by atoms with Crippen LogP contribution in [-0.4, -0.2) is 33.2 Å². The van der Waals surface area contributed by atoms with Gasteiger partial charge in [0.2, 0.25) is 0 Å². The van der Waals surface area contributed by atoms with Crippen molar-refractivity contribution in [3.63, 3.8) is 0 Å². The number of aromatic amines is 1. The van der Waals surface area contributed by atoms with Gasteiger partial charge in [0, 0.05) is 41.7 Å². The van der Waals surface area contributed by atoms with Gasteiger partial charge in [0.05, 0.1) is 6.33 Å². The van der Waals surface area contributed by atoms with Crippen molar-refractivity contribution in [1.29, 1.82) is 0 Å². The number of aromatic nitrogens is 2. The number of nitrogens with zero attached hydrogens (tertiary/aromatic N) is 2. The Balaban J connectivity index is 1.75. The summed E-state index contributed by atoms with van der Waals surface area (Å²) in [5, 5.41) is 0. The fraction of sp³-hybridized carbons (Fsp3) is 0.417. The lowest BCUT2D eigenvalue weighted by Gasteiger charge is -2.37. The SMILES string of the molecule is C1=CCC2C(=C1)SCCN2Cc1cnc[nH]1. The average Bonchev–Trinajstić information content (AvgIpc) is 2.82. The van der Waals surface area contributed by atoms with Crippen LogP contribution in [0.5, 0.6) is 0 Å². The minimum absolute atomic E-state index is 0.590. The maximum absolute atomic E-state index is 4.08. The molecule has 0 radical (unpaired) electrons. The van der Waals surface area contributed by atoms with E-state index in [1.54, 1.807) is 6.33 Å². The second kappa shape index (κ2) is 4.47. The van der Waals surface area contributed by atoms with E-state index in [-0.39, 0.29) is 0 Å². The first-order valence-corrected chi connectivity index (χ1v) is 6.63. The highest BCUT2D eigenvalue weighted by Crippen LogP contribution is 2.33. The van der Waals surface area contributed by atoms with Crippen LogP contribution in [0.3, 0.4) is 0 Å². The van der Waals surface area contributed by atoms with Crippen molar-refractivity contribution in [2.45, 2.75) is 19.0 Å². The van der Waals surface area contributed by atoms with Gasteiger partial charge < -0.3 is 4.98 Å². The molecule has 0 amide bonds. The smallest absolute Gasteiger partial charge is 0.0922 e. The van der Waals surface area contributed by atoms with Gasteiger partial charge in [-0.2, -0.15) is 0 Å². The van der Waals surface area contributed by atoms with Crippen molar-refractivity contribution in [2.75, 3.05) is 12.3 Å². The predicted molar refractivity (Wildman–Crippen MR) is 67.1 cm³/mol. The lowest BCUT2D eigenvalue weighted by atomic mass is 10.1. The first-order valence-electron chi connectivity index (χ1n) is 5.64. The van der Waals surface area contributed by atoms with E-state index in [0.29, 0.717) is 6.04 Å². The molecule has 0 aromatic carbocycles. The Hall–Kier alpha value is -1.00. The number of thioether (sulfide) groups is 1. The lowest BCUT2D eigenvalue weighted by Crippen LogP contribution is -2.40. The molecule has 1 aromatic rings. The summed E-state index contributed by atoms with van der Waals surface area (Å²) in [4.78, 5) is 11.3. The molecule has 1 atom stereocenters. The summed E-state index contributed by atoms with van der Waals surface area (Å²) in [5.74, 6) is 1.20. The summed E-state index contributed by atoms with van der Waals surface area (Å²) < 4.78 is 0. The topological polar surface area (TPSA) is 31.9 Å². The number of hydrogen-bond donors (Lipinski definition) is 1. The van der Waals surface area contributed by atoms with E-state index in [9.17, 15) is 0 Å². The van der Waals surface area contributed by atoms with Gasteiger partial charge in [-0.05, 0) is 6.42 Å². The molecule has 4 heteroatoms. The fourth-order valence-corrected chi connectivity index (χ4v) is 3.46. The molecule has 1 unspecified atom stereocenters. The standard InChI is InChI=1S/C12H15N3S/c1-2-4-12-11(3-1)15(5-6-16-12)8-10-7-13-9-14-10/h1-2,4,7,9,11H,3,5-6,8H2,(H,13,14). The highest BCUT2D eigenvalue weighted by molar-refractivity contribution is 8.03. The summed E-state index contributed by atoms with van der Waals surface area (Å²) >= 11 is 2.01. The number of allylic oxidation sites excluding steroid dienone is 2. The van der Waals surface area contributed by atoms with Crippen molar-refractivity contribution in [3.8, 4) is 0 Å². The minimum atomic E-state index is 0.590. The monoisotopic (exact) mass is 233 g/mol. The van der Waals surface area contributed by atoms with Crippen LogP contribution in [0.25, 0.3) is 0 Å². The zero-order valence-electron chi connectivity index (χ0n) is 9.10. The van der Waals surface area contributed by atoms with Crippen molar-refractivity contribution in [2.24, 2.45) is 0 Å². The molecule has 2 aliphatic rings. The van der Waals surface area contributed by atoms with E-state index in [1.807, 2.05) is 18.0 Å². The lowest BCUT2D eigenvalue weighted by molar-refractivity contribution is 0.224. The number of H-pyrrole nitrogens is 1. The van der Waals surface area contributed by atoms with Crippen molar-refractivity contribution >= 4 is 11.8 Å². The molecule has 1 aliphatic heterocycles. The summed E-state index contributed by atoms with van der Waals surface area (Å²) in [6.07, 6.45) is 11.5. The maximum Gasteiger partial charge on any atom is 0.0922 e. The van der Waals surface area contributed by atoms with Gasteiger partial charge >= 0.3 is 0 Å². The molecular formula is C12H15N3S. The molecule has 1 saturated heterocycles. The summed E-state index contributed by atoms with van der Waals surface area (Å²) in [6.45, 7) is 2.15. The van der Waals surface area contributed by atoms with E-state index in [4.69, 9.17) is 0 Å². The van der Waals surface area contributed by atoms with Crippen molar-refractivity contribution < 1.29 is 0 Å². The highest BCUT2D eigenvalue weighted by atomic mass is 32.2. The maximum atomic E-state index is 4.08. The van der Waals surface area contributed by atoms with Crippen LogP contribution in [0.4, 0.5) is 0 Å². The molecule has 0 saturated carbocycles. The number of nitrogens with one attached hydrogen (secondary N) is 1. The molecule has 2 heterocycles. The van der Waals surface area contributed by atoms with Crippen LogP contribution in [0, 0.1) is 0 Å². The van der Waals surface area contributed by atoms with Crippen LogP contribution in [0.1, 0.15) is 12.1 Å². The molecule has 16 heavy (non-hydrogen) atoms. The van der Waals surface area contributed by atoms with Gasteiger partial charge in [0.15, 0.2) is 0 Å². The fourth-order valence-electron chi connectivity index (χ4n) is 2.29. The second-order valence-corrected chi connectivity index (χ2v) is 5.31. The van der Waals surface area contributed by atoms with Crippen LogP contribution in [0.2, 0.25) is 0 Å². The number of hydrogen-bond acceptors (Lipinski definition) is 3. The van der Waals surface area contributed by atoms with Gasteiger partial charge in [-0.3, -0.25) is 4.90 Å². The summed E-state index contributed by atoms with van der Waals surface area (Å²) in [6, 6.07) is 0.590. The van der Waals surface area contributed by atoms with E-state index in [2.05, 4.69) is 33.1 Å². The van der Waals surface area contributed by atoms with Crippen molar-refractivity contribution in [1.82, 2.24) is 14.9 Å². The molecule has 0 spiro atoms. The van der Waals surface area contributed by atoms with Gasteiger partial charge in [-0.25, -0.2) is 4.98 Å². The molecule has 1 aliphatic carbocycles. The summed E-state index contributed by atoms with van der Waals surface area (Å²) in [7, 11) is 0. The molecule has 1 N–H and O–H groups in total. The van der Waals surface area contributed by atoms with E-state index < -0.39 is 0 Å². The Kier molecular flexibility index (Phi) is 2.84. The number of fused-ring (bicyclic) bond motifs is 1. The Morgan fingerprint density at radius 2 is 2.56 bits per heavy atom. The van der Waals surface area contributed by atoms with Crippen LogP contribution in [-0.2, 0) is 6.54 Å². The Bertz CT molecular complexity index is 408. The third-order valence-electron chi connectivity index (χ3n) is 3.10. The molecular weight excluding hydrogens is 218 g/mol. The Morgan fingerprint density at radius 1 is 1.56 bits per heavy atom. The highest BCUT2D eigenvalue weighted by Gasteiger charge is 2.27. The molecule has 3 rings (SSSR count). The third kappa shape index (κ3) is 1.95. The van der Waals surface area contributed by atoms with E-state index in [0.717, 1.165) is 13.0 Å². The zero-order valence-corrected chi connectivity index (χ0v) is 9.91. The quantitative estimate of drug-likeness (QED) is 0.849. The molecule has 1 fully saturated rings. The molecule has 84 valence electrons. The zero-order chi connectivity index (χ0) is 10.8. The van der Waals surface area contributed by atoms with E-state index in [1.165, 1.54) is 22.9 Å². The second-order valence-electron chi connectivity index (χ2n) is 4.14. The van der Waals surface area contributed by atoms with Gasteiger partial charge in [0.25, 0.3) is 0 Å². The summed E-state index contributed by atoms with van der Waals surface area (Å²) in [5.41, 5.74) is 1.21. The third-order valence-corrected chi connectivity index (χ3v) is 4.23. The van der Waals surface area contributed by atoms with Gasteiger partial charge in [0.1, 0.15) is 0 Å². The molecule has 1 aromatic heterocycles. The van der Waals surface area contributed by atoms with E-state index >= 15 is 0 Å². The van der Waals surface area contributed by atoms with Crippen molar-refractivity contribution in [3.05, 3.63) is 41.4 Å². The molecule has 0 bridgehead atoms. The van der Waals surface area contributed by atoms with Gasteiger partial charge in [-0.1, -0.05) is 18.2 Å². The predicted octanol–water partition coefficient (Wildman–Crippen LogP) is 2.17. The minimum Gasteiger partial charge on any atom is -0.347 e. The average molecular weight is 233 g/mol. The Morgan fingerprint density at radius 3 is 3.44 bits per heavy atom. The van der Waals surface area contributed by atoms with Crippen LogP contribution in [0.15, 0.2) is 35.7 Å². The number of imidazole rings is 1. The van der Waals surface area contributed by atoms with Crippen LogP contribution >= 0.6 is 11.8 Å². The number of rotatable bonds is 2. The Labute approximate surface area is 99.6 Å². The molecule has 3 nitrogen and oxygen atoms in total. The van der Waals surface area contributed by atoms with Gasteiger partial charge in [-0.15, -0.1) is 11.8 Å².